The summed E-state index contributed by atoms with van der Waals surface area (Å²) >= 11 is 0. The van der Waals surface area contributed by atoms with Gasteiger partial charge in [0.05, 0.1) is 11.1 Å². The van der Waals surface area contributed by atoms with E-state index in [0.717, 1.165) is 35.5 Å². The maximum absolute atomic E-state index is 10.1. The molecule has 1 N–H and O–H groups in total. The molecule has 2 unspecified atom stereocenters. The SMILES string of the molecule is CCC(CC(C)c1ccc(COc2ccc([N+]3(c4ccc(O)cc4)c4ccccc4-c4ccccc43)cc2)cc1)c1ccccc1. The Kier molecular flexibility index (Phi) is 8.17. The van der Waals surface area contributed by atoms with Crippen LogP contribution in [-0.2, 0) is 6.61 Å². The van der Waals surface area contributed by atoms with Gasteiger partial charge in [0.25, 0.3) is 0 Å². The summed E-state index contributed by atoms with van der Waals surface area (Å²) in [5, 5.41) is 10.1. The summed E-state index contributed by atoms with van der Waals surface area (Å²) in [6.07, 6.45) is 2.29. The highest BCUT2D eigenvalue weighted by molar-refractivity contribution is 6.02. The third kappa shape index (κ3) is 5.37. The molecule has 7 rings (SSSR count). The summed E-state index contributed by atoms with van der Waals surface area (Å²) < 4.78 is 6.74. The van der Waals surface area contributed by atoms with E-state index in [9.17, 15) is 5.11 Å². The fourth-order valence-electron chi connectivity index (χ4n) is 7.20. The minimum atomic E-state index is 0.256. The van der Waals surface area contributed by atoms with E-state index in [4.69, 9.17) is 4.74 Å². The highest BCUT2D eigenvalue weighted by Gasteiger charge is 2.47. The van der Waals surface area contributed by atoms with E-state index in [1.54, 1.807) is 12.1 Å². The first-order valence-corrected chi connectivity index (χ1v) is 16.3. The molecule has 0 radical (unpaired) electrons. The lowest BCUT2D eigenvalue weighted by Gasteiger charge is -2.34. The van der Waals surface area contributed by atoms with Crippen LogP contribution < -0.4 is 9.22 Å². The van der Waals surface area contributed by atoms with Gasteiger partial charge in [0.1, 0.15) is 29.5 Å². The van der Waals surface area contributed by atoms with Crippen molar-refractivity contribution in [1.29, 1.82) is 0 Å². The van der Waals surface area contributed by atoms with Crippen LogP contribution >= 0.6 is 0 Å². The summed E-state index contributed by atoms with van der Waals surface area (Å²) in [6.45, 7) is 5.14. The average molecular weight is 603 g/mol. The van der Waals surface area contributed by atoms with E-state index < -0.39 is 0 Å². The number of fused-ring (bicyclic) bond motifs is 3. The van der Waals surface area contributed by atoms with Crippen molar-refractivity contribution in [2.75, 3.05) is 0 Å². The van der Waals surface area contributed by atoms with Gasteiger partial charge in [-0.1, -0.05) is 92.7 Å². The number of quaternary nitrogens is 1. The van der Waals surface area contributed by atoms with E-state index in [1.165, 1.54) is 33.6 Å². The van der Waals surface area contributed by atoms with E-state index >= 15 is 0 Å². The summed E-state index contributed by atoms with van der Waals surface area (Å²) in [4.78, 5) is 0. The number of hydrogen-bond donors (Lipinski definition) is 1. The predicted octanol–water partition coefficient (Wildman–Crippen LogP) is 11.9. The number of rotatable bonds is 10. The van der Waals surface area contributed by atoms with Gasteiger partial charge >= 0.3 is 0 Å². The molecule has 1 aliphatic rings. The number of ether oxygens (including phenoxy) is 1. The molecule has 6 aromatic carbocycles. The maximum Gasteiger partial charge on any atom is 0.156 e. The van der Waals surface area contributed by atoms with Gasteiger partial charge in [-0.25, -0.2) is 0 Å². The van der Waals surface area contributed by atoms with Gasteiger partial charge in [0, 0.05) is 36.4 Å². The first-order chi connectivity index (χ1) is 22.6. The van der Waals surface area contributed by atoms with Crippen molar-refractivity contribution in [3.05, 3.63) is 168 Å². The predicted molar refractivity (Wildman–Crippen MR) is 190 cm³/mol. The third-order valence-electron chi connectivity index (χ3n) is 9.64. The Morgan fingerprint density at radius 3 is 1.72 bits per heavy atom. The molecular formula is C43H40NO2+. The number of aromatic hydroxyl groups is 1. The lowest BCUT2D eigenvalue weighted by molar-refractivity contribution is 0.306. The van der Waals surface area contributed by atoms with Gasteiger partial charge in [-0.15, -0.1) is 0 Å². The molecule has 1 heterocycles. The molecule has 0 amide bonds. The number of phenols is 1. The third-order valence-corrected chi connectivity index (χ3v) is 9.64. The van der Waals surface area contributed by atoms with Gasteiger partial charge in [-0.3, -0.25) is 0 Å². The van der Waals surface area contributed by atoms with E-state index in [1.807, 2.05) is 12.1 Å². The minimum absolute atomic E-state index is 0.256. The number of para-hydroxylation sites is 2. The van der Waals surface area contributed by atoms with Gasteiger partial charge in [-0.05, 0) is 77.8 Å². The fourth-order valence-corrected chi connectivity index (χ4v) is 7.20. The summed E-state index contributed by atoms with van der Waals surface area (Å²) in [7, 11) is 0. The molecule has 3 heteroatoms. The zero-order valence-electron chi connectivity index (χ0n) is 26.5. The lowest BCUT2D eigenvalue weighted by atomic mass is 9.84. The van der Waals surface area contributed by atoms with Crippen LogP contribution in [0.5, 0.6) is 11.5 Å². The number of benzene rings is 6. The molecule has 1 aliphatic heterocycles. The van der Waals surface area contributed by atoms with Crippen LogP contribution in [0.1, 0.15) is 55.2 Å². The molecule has 0 bridgehead atoms. The number of hydrogen-bond acceptors (Lipinski definition) is 2. The normalized spacial score (nSPS) is 14.2. The molecule has 46 heavy (non-hydrogen) atoms. The van der Waals surface area contributed by atoms with E-state index in [0.29, 0.717) is 22.9 Å². The van der Waals surface area contributed by atoms with Crippen LogP contribution in [-0.4, -0.2) is 5.11 Å². The topological polar surface area (TPSA) is 29.5 Å². The number of phenolic OH excluding ortho intramolecular Hbond substituents is 1. The van der Waals surface area contributed by atoms with E-state index in [2.05, 4.69) is 141 Å². The standard InChI is InChI=1S/C43H39NO2/c1-3-33(35-11-5-4-6-12-35)29-31(2)34-19-17-32(18-20-34)30-46-39-27-23-37(24-28-39)44(36-21-25-38(45)26-22-36)42-15-9-7-13-40(42)41-14-8-10-16-43(41)44/h4-28,31,33H,3,29-30H2,1-2H3/p+1. The van der Waals surface area contributed by atoms with Crippen LogP contribution in [0.15, 0.2) is 152 Å². The van der Waals surface area contributed by atoms with Crippen molar-refractivity contribution in [3.8, 4) is 22.6 Å². The molecule has 0 saturated carbocycles. The van der Waals surface area contributed by atoms with Crippen LogP contribution in [0.3, 0.4) is 0 Å². The maximum atomic E-state index is 10.1. The molecule has 0 fully saturated rings. The van der Waals surface area contributed by atoms with Crippen molar-refractivity contribution in [2.45, 2.75) is 45.1 Å². The molecule has 3 nitrogen and oxygen atoms in total. The highest BCUT2D eigenvalue weighted by atomic mass is 16.5. The van der Waals surface area contributed by atoms with Gasteiger partial charge in [-0.2, -0.15) is 4.48 Å². The largest absolute Gasteiger partial charge is 0.508 e. The smallest absolute Gasteiger partial charge is 0.156 e. The van der Waals surface area contributed by atoms with Gasteiger partial charge < -0.3 is 9.84 Å². The number of nitrogens with zero attached hydrogens (tertiary/aromatic N) is 1. The van der Waals surface area contributed by atoms with Gasteiger partial charge in [0.15, 0.2) is 11.4 Å². The van der Waals surface area contributed by atoms with Crippen LogP contribution in [0.4, 0.5) is 22.7 Å². The Labute approximate surface area is 272 Å². The van der Waals surface area contributed by atoms with Crippen molar-refractivity contribution >= 4 is 22.7 Å². The molecule has 0 spiro atoms. The Morgan fingerprint density at radius 2 is 1.13 bits per heavy atom. The summed E-state index contributed by atoms with van der Waals surface area (Å²) in [6, 6.07) is 53.1. The molecule has 0 aliphatic carbocycles. The molecule has 0 saturated heterocycles. The molecule has 2 atom stereocenters. The summed E-state index contributed by atoms with van der Waals surface area (Å²) in [5.74, 6) is 2.14. The Hall–Kier alpha value is -5.12. The quantitative estimate of drug-likeness (QED) is 0.158. The Bertz CT molecular complexity index is 1870. The first-order valence-electron chi connectivity index (χ1n) is 16.3. The van der Waals surface area contributed by atoms with Crippen molar-refractivity contribution in [1.82, 2.24) is 4.48 Å². The van der Waals surface area contributed by atoms with Crippen LogP contribution in [0.25, 0.3) is 11.1 Å². The second kappa shape index (κ2) is 12.7. The van der Waals surface area contributed by atoms with Crippen LogP contribution in [0.2, 0.25) is 0 Å². The fraction of sp³-hybridized carbons (Fsp3) is 0.163. The molecule has 0 aromatic heterocycles. The first kappa shape index (κ1) is 29.6. The Balaban J connectivity index is 1.11. The van der Waals surface area contributed by atoms with Crippen molar-refractivity contribution in [2.24, 2.45) is 0 Å². The van der Waals surface area contributed by atoms with Crippen LogP contribution in [0, 0.1) is 0 Å². The second-order valence-corrected chi connectivity index (χ2v) is 12.4. The zero-order chi connectivity index (χ0) is 31.5. The monoisotopic (exact) mass is 602 g/mol. The highest BCUT2D eigenvalue weighted by Crippen LogP contribution is 2.62. The Morgan fingerprint density at radius 1 is 0.587 bits per heavy atom. The second-order valence-electron chi connectivity index (χ2n) is 12.4. The summed E-state index contributed by atoms with van der Waals surface area (Å²) in [5.41, 5.74) is 10.9. The lowest BCUT2D eigenvalue weighted by Crippen LogP contribution is -2.31. The minimum Gasteiger partial charge on any atom is -0.508 e. The van der Waals surface area contributed by atoms with Gasteiger partial charge in [0.2, 0.25) is 0 Å². The van der Waals surface area contributed by atoms with E-state index in [-0.39, 0.29) is 5.75 Å². The molecule has 228 valence electrons. The molecular weight excluding hydrogens is 562 g/mol. The molecule has 6 aromatic rings. The van der Waals surface area contributed by atoms with Crippen molar-refractivity contribution < 1.29 is 9.84 Å². The zero-order valence-corrected chi connectivity index (χ0v) is 26.5. The van der Waals surface area contributed by atoms with Crippen molar-refractivity contribution in [3.63, 3.8) is 0 Å². The average Bonchev–Trinajstić information content (AvgIpc) is 3.42.